The topological polar surface area (TPSA) is 75.0 Å². The van der Waals surface area contributed by atoms with Crippen molar-refractivity contribution in [3.05, 3.63) is 70.6 Å². The van der Waals surface area contributed by atoms with Crippen LogP contribution in [0.3, 0.4) is 0 Å². The van der Waals surface area contributed by atoms with Crippen molar-refractivity contribution in [2.24, 2.45) is 0 Å². The molecule has 1 atom stereocenters. The van der Waals surface area contributed by atoms with E-state index in [1.54, 1.807) is 55.6 Å². The van der Waals surface area contributed by atoms with Gasteiger partial charge in [0, 0.05) is 6.92 Å². The number of carbonyl (C=O) groups excluding carboxylic acids is 1. The highest BCUT2D eigenvalue weighted by Crippen LogP contribution is 2.43. The standard InChI is InChI=1S/C21H16O6/c1-12(22)25-21-17-11-16(13-7-9-14(24-2)10-8-13)20(23)27-19(17)15-5-3-4-6-18(15)26-21/h3-11,21H,1-2H3. The van der Waals surface area contributed by atoms with Crippen LogP contribution in [0.15, 0.2) is 63.8 Å². The molecule has 6 heteroatoms. The summed E-state index contributed by atoms with van der Waals surface area (Å²) in [6.45, 7) is 1.30. The van der Waals surface area contributed by atoms with Gasteiger partial charge in [0.25, 0.3) is 6.29 Å². The zero-order valence-electron chi connectivity index (χ0n) is 14.7. The molecule has 1 aliphatic heterocycles. The summed E-state index contributed by atoms with van der Waals surface area (Å²) in [5.41, 5.74) is 1.63. The average molecular weight is 364 g/mol. The number of fused-ring (bicyclic) bond motifs is 3. The van der Waals surface area contributed by atoms with E-state index in [1.807, 2.05) is 6.07 Å². The monoisotopic (exact) mass is 364 g/mol. The summed E-state index contributed by atoms with van der Waals surface area (Å²) in [5.74, 6) is 1.00. The fourth-order valence-electron chi connectivity index (χ4n) is 3.02. The summed E-state index contributed by atoms with van der Waals surface area (Å²) in [4.78, 5) is 24.2. The van der Waals surface area contributed by atoms with Crippen molar-refractivity contribution in [3.63, 3.8) is 0 Å². The number of hydrogen-bond acceptors (Lipinski definition) is 6. The van der Waals surface area contributed by atoms with E-state index in [2.05, 4.69) is 0 Å². The predicted molar refractivity (Wildman–Crippen MR) is 97.5 cm³/mol. The molecule has 0 bridgehead atoms. The highest BCUT2D eigenvalue weighted by molar-refractivity contribution is 5.75. The molecular weight excluding hydrogens is 348 g/mol. The van der Waals surface area contributed by atoms with Crippen LogP contribution in [-0.4, -0.2) is 13.1 Å². The minimum absolute atomic E-state index is 0.338. The summed E-state index contributed by atoms with van der Waals surface area (Å²) in [6.07, 6.45) is -0.992. The van der Waals surface area contributed by atoms with Gasteiger partial charge in [0.1, 0.15) is 11.5 Å². The van der Waals surface area contributed by atoms with Crippen LogP contribution < -0.4 is 15.1 Å². The highest BCUT2D eigenvalue weighted by atomic mass is 16.7. The lowest BCUT2D eigenvalue weighted by atomic mass is 9.99. The Morgan fingerprint density at radius 3 is 2.48 bits per heavy atom. The molecule has 27 heavy (non-hydrogen) atoms. The van der Waals surface area contributed by atoms with Crippen LogP contribution in [0.1, 0.15) is 18.8 Å². The van der Waals surface area contributed by atoms with Crippen LogP contribution in [0, 0.1) is 0 Å². The molecule has 0 aliphatic carbocycles. The number of para-hydroxylation sites is 1. The molecule has 0 saturated carbocycles. The maximum absolute atomic E-state index is 12.6. The zero-order valence-corrected chi connectivity index (χ0v) is 14.7. The molecule has 1 aliphatic rings. The van der Waals surface area contributed by atoms with E-state index in [0.29, 0.717) is 39.5 Å². The van der Waals surface area contributed by atoms with E-state index < -0.39 is 17.9 Å². The Bertz CT molecular complexity index is 1060. The Morgan fingerprint density at radius 2 is 1.78 bits per heavy atom. The Hall–Kier alpha value is -3.54. The molecule has 136 valence electrons. The van der Waals surface area contributed by atoms with E-state index in [9.17, 15) is 9.59 Å². The van der Waals surface area contributed by atoms with Gasteiger partial charge in [0.15, 0.2) is 5.76 Å². The minimum atomic E-state index is -0.992. The Morgan fingerprint density at radius 1 is 1.04 bits per heavy atom. The molecule has 2 aromatic carbocycles. The van der Waals surface area contributed by atoms with E-state index >= 15 is 0 Å². The van der Waals surface area contributed by atoms with Crippen molar-refractivity contribution in [1.29, 1.82) is 0 Å². The van der Waals surface area contributed by atoms with E-state index in [0.717, 1.165) is 0 Å². The van der Waals surface area contributed by atoms with Crippen molar-refractivity contribution in [1.82, 2.24) is 0 Å². The van der Waals surface area contributed by atoms with Crippen LogP contribution in [0.4, 0.5) is 0 Å². The van der Waals surface area contributed by atoms with Crippen LogP contribution >= 0.6 is 0 Å². The maximum atomic E-state index is 12.6. The molecule has 1 unspecified atom stereocenters. The third-order valence-corrected chi connectivity index (χ3v) is 4.27. The van der Waals surface area contributed by atoms with Gasteiger partial charge in [-0.3, -0.25) is 4.79 Å². The molecule has 3 aromatic rings. The lowest BCUT2D eigenvalue weighted by Gasteiger charge is -2.26. The van der Waals surface area contributed by atoms with Gasteiger partial charge < -0.3 is 18.6 Å². The van der Waals surface area contributed by atoms with Gasteiger partial charge in [-0.15, -0.1) is 0 Å². The molecular formula is C21H16O6. The lowest BCUT2D eigenvalue weighted by Crippen LogP contribution is -2.21. The first-order valence-corrected chi connectivity index (χ1v) is 8.32. The van der Waals surface area contributed by atoms with Gasteiger partial charge in [-0.25, -0.2) is 4.79 Å². The van der Waals surface area contributed by atoms with Crippen molar-refractivity contribution in [2.45, 2.75) is 13.2 Å². The van der Waals surface area contributed by atoms with Gasteiger partial charge in [-0.2, -0.15) is 0 Å². The number of methoxy groups -OCH3 is 1. The van der Waals surface area contributed by atoms with Gasteiger partial charge in [-0.05, 0) is 35.9 Å². The van der Waals surface area contributed by atoms with Crippen LogP contribution in [-0.2, 0) is 9.53 Å². The first-order valence-electron chi connectivity index (χ1n) is 8.32. The largest absolute Gasteiger partial charge is 0.497 e. The molecule has 2 heterocycles. The van der Waals surface area contributed by atoms with Crippen LogP contribution in [0.5, 0.6) is 11.5 Å². The Labute approximate surface area is 154 Å². The lowest BCUT2D eigenvalue weighted by molar-refractivity contribution is -0.162. The first kappa shape index (κ1) is 16.9. The number of benzene rings is 2. The van der Waals surface area contributed by atoms with E-state index in [1.165, 1.54) is 6.92 Å². The van der Waals surface area contributed by atoms with Gasteiger partial charge in [-0.1, -0.05) is 24.3 Å². The maximum Gasteiger partial charge on any atom is 0.344 e. The molecule has 1 aromatic heterocycles. The predicted octanol–water partition coefficient (Wildman–Crippen LogP) is 3.94. The summed E-state index contributed by atoms with van der Waals surface area (Å²) >= 11 is 0. The third kappa shape index (κ3) is 3.06. The van der Waals surface area contributed by atoms with Gasteiger partial charge >= 0.3 is 11.6 Å². The third-order valence-electron chi connectivity index (χ3n) is 4.27. The fourth-order valence-corrected chi connectivity index (χ4v) is 3.02. The summed E-state index contributed by atoms with van der Waals surface area (Å²) in [7, 11) is 1.57. The Kier molecular flexibility index (Phi) is 4.16. The molecule has 4 rings (SSSR count). The minimum Gasteiger partial charge on any atom is -0.497 e. The Balaban J connectivity index is 1.89. The smallest absolute Gasteiger partial charge is 0.344 e. The van der Waals surface area contributed by atoms with Crippen molar-refractivity contribution in [3.8, 4) is 33.9 Å². The number of hydrogen-bond donors (Lipinski definition) is 0. The van der Waals surface area contributed by atoms with Crippen molar-refractivity contribution in [2.75, 3.05) is 7.11 Å². The zero-order chi connectivity index (χ0) is 19.0. The summed E-state index contributed by atoms with van der Waals surface area (Å²) in [6, 6.07) is 15.8. The van der Waals surface area contributed by atoms with Gasteiger partial charge in [0.05, 0.1) is 23.8 Å². The summed E-state index contributed by atoms with van der Waals surface area (Å²) in [5, 5.41) is 0. The van der Waals surface area contributed by atoms with Crippen LogP contribution in [0.25, 0.3) is 22.5 Å². The second-order valence-electron chi connectivity index (χ2n) is 6.02. The normalized spacial score (nSPS) is 14.5. The van der Waals surface area contributed by atoms with Gasteiger partial charge in [0.2, 0.25) is 0 Å². The van der Waals surface area contributed by atoms with E-state index in [-0.39, 0.29) is 0 Å². The molecule has 0 amide bonds. The summed E-state index contributed by atoms with van der Waals surface area (Å²) < 4.78 is 21.9. The molecule has 0 spiro atoms. The van der Waals surface area contributed by atoms with Crippen LogP contribution in [0.2, 0.25) is 0 Å². The number of ether oxygens (including phenoxy) is 3. The van der Waals surface area contributed by atoms with E-state index in [4.69, 9.17) is 18.6 Å². The first-order chi connectivity index (χ1) is 13.1. The SMILES string of the molecule is COc1ccc(-c2cc3c(oc2=O)-c2ccccc2OC3OC(C)=O)cc1. The molecule has 6 nitrogen and oxygen atoms in total. The number of carbonyl (C=O) groups is 1. The second-order valence-corrected chi connectivity index (χ2v) is 6.02. The number of esters is 1. The van der Waals surface area contributed by atoms with Crippen molar-refractivity contribution >= 4 is 5.97 Å². The molecule has 0 N–H and O–H groups in total. The average Bonchev–Trinajstić information content (AvgIpc) is 2.67. The van der Waals surface area contributed by atoms with Crippen molar-refractivity contribution < 1.29 is 23.4 Å². The fraction of sp³-hybridized carbons (Fsp3) is 0.143. The molecule has 0 fully saturated rings. The molecule has 0 saturated heterocycles. The number of rotatable bonds is 3. The molecule has 0 radical (unpaired) electrons. The second kappa shape index (κ2) is 6.64. The highest BCUT2D eigenvalue weighted by Gasteiger charge is 2.31. The quantitative estimate of drug-likeness (QED) is 0.656.